The molecule has 0 saturated carbocycles. The summed E-state index contributed by atoms with van der Waals surface area (Å²) in [4.78, 5) is 17.0. The van der Waals surface area contributed by atoms with Crippen molar-refractivity contribution in [2.24, 2.45) is 0 Å². The summed E-state index contributed by atoms with van der Waals surface area (Å²) in [7, 11) is 0. The summed E-state index contributed by atoms with van der Waals surface area (Å²) in [5.41, 5.74) is 3.87. The van der Waals surface area contributed by atoms with Crippen LogP contribution in [0.5, 0.6) is 0 Å². The van der Waals surface area contributed by atoms with Crippen LogP contribution in [0, 0.1) is 6.92 Å². The van der Waals surface area contributed by atoms with Gasteiger partial charge in [-0.25, -0.2) is 9.78 Å². The molecule has 0 unspecified atom stereocenters. The third-order valence-electron chi connectivity index (χ3n) is 3.58. The number of carbonyl (C=O) groups is 1. The molecule has 3 rings (SSSR count). The van der Waals surface area contributed by atoms with Crippen molar-refractivity contribution in [3.63, 3.8) is 0 Å². The van der Waals surface area contributed by atoms with Gasteiger partial charge in [-0.15, -0.1) is 0 Å². The summed E-state index contributed by atoms with van der Waals surface area (Å²) in [5, 5.41) is 1.56. The lowest BCUT2D eigenvalue weighted by Gasteiger charge is -2.11. The van der Waals surface area contributed by atoms with Crippen molar-refractivity contribution in [1.29, 1.82) is 0 Å². The number of ether oxygens (including phenoxy) is 1. The summed E-state index contributed by atoms with van der Waals surface area (Å²) in [6, 6.07) is 15.1. The molecule has 0 fully saturated rings. The van der Waals surface area contributed by atoms with Crippen LogP contribution in [0.15, 0.2) is 48.5 Å². The predicted molar refractivity (Wildman–Crippen MR) is 92.9 cm³/mol. The third-order valence-corrected chi connectivity index (χ3v) is 3.84. The number of esters is 1. The van der Waals surface area contributed by atoms with Crippen LogP contribution in [-0.4, -0.2) is 17.6 Å². The highest BCUT2D eigenvalue weighted by Crippen LogP contribution is 2.28. The molecule has 0 aliphatic heterocycles. The summed E-state index contributed by atoms with van der Waals surface area (Å²) in [5.74, 6) is -0.367. The normalized spacial score (nSPS) is 10.7. The fourth-order valence-corrected chi connectivity index (χ4v) is 2.61. The second kappa shape index (κ2) is 6.39. The van der Waals surface area contributed by atoms with Crippen LogP contribution in [0.4, 0.5) is 0 Å². The molecular formula is C19H16ClNO2. The summed E-state index contributed by atoms with van der Waals surface area (Å²) in [6.07, 6.45) is 0. The van der Waals surface area contributed by atoms with Crippen LogP contribution in [0.25, 0.3) is 22.2 Å². The van der Waals surface area contributed by atoms with Gasteiger partial charge in [0.05, 0.1) is 23.4 Å². The number of halogens is 1. The Bertz CT molecular complexity index is 872. The van der Waals surface area contributed by atoms with Gasteiger partial charge >= 0.3 is 5.97 Å². The van der Waals surface area contributed by atoms with Crippen LogP contribution in [0.2, 0.25) is 5.02 Å². The van der Waals surface area contributed by atoms with Crippen LogP contribution >= 0.6 is 11.6 Å². The fourth-order valence-electron chi connectivity index (χ4n) is 2.49. The first-order valence-corrected chi connectivity index (χ1v) is 7.80. The molecule has 0 N–H and O–H groups in total. The number of aryl methyl sites for hydroxylation is 1. The van der Waals surface area contributed by atoms with E-state index in [0.29, 0.717) is 22.9 Å². The van der Waals surface area contributed by atoms with Crippen molar-refractivity contribution in [3.05, 3.63) is 64.7 Å². The Morgan fingerprint density at radius 3 is 2.57 bits per heavy atom. The first kappa shape index (κ1) is 15.5. The van der Waals surface area contributed by atoms with Crippen molar-refractivity contribution >= 4 is 28.5 Å². The molecule has 0 aliphatic rings. The van der Waals surface area contributed by atoms with Crippen LogP contribution in [0.3, 0.4) is 0 Å². The molecule has 0 saturated heterocycles. The monoisotopic (exact) mass is 325 g/mol. The first-order valence-electron chi connectivity index (χ1n) is 7.43. The number of pyridine rings is 1. The van der Waals surface area contributed by atoms with Crippen molar-refractivity contribution in [3.8, 4) is 11.3 Å². The van der Waals surface area contributed by atoms with Gasteiger partial charge < -0.3 is 4.74 Å². The topological polar surface area (TPSA) is 39.2 Å². The molecule has 3 aromatic rings. The Labute approximate surface area is 139 Å². The minimum atomic E-state index is -0.367. The minimum absolute atomic E-state index is 0.324. The second-order valence-corrected chi connectivity index (χ2v) is 5.74. The Balaban J connectivity index is 2.24. The van der Waals surface area contributed by atoms with Crippen LogP contribution in [-0.2, 0) is 4.74 Å². The highest BCUT2D eigenvalue weighted by molar-refractivity contribution is 6.30. The number of carbonyl (C=O) groups excluding carboxylic acids is 1. The molecule has 0 bridgehead atoms. The summed E-state index contributed by atoms with van der Waals surface area (Å²) in [6.45, 7) is 4.12. The van der Waals surface area contributed by atoms with E-state index < -0.39 is 0 Å². The van der Waals surface area contributed by atoms with Gasteiger partial charge in [0.25, 0.3) is 0 Å². The van der Waals surface area contributed by atoms with Gasteiger partial charge in [0.1, 0.15) is 0 Å². The minimum Gasteiger partial charge on any atom is -0.462 e. The number of nitrogens with zero attached hydrogens (tertiary/aromatic N) is 1. The number of hydrogen-bond acceptors (Lipinski definition) is 3. The predicted octanol–water partition coefficient (Wildman–Crippen LogP) is 5.04. The molecule has 1 aromatic heterocycles. The average molecular weight is 326 g/mol. The zero-order valence-electron chi connectivity index (χ0n) is 13.0. The Morgan fingerprint density at radius 1 is 1.13 bits per heavy atom. The quantitative estimate of drug-likeness (QED) is 0.633. The van der Waals surface area contributed by atoms with E-state index in [2.05, 4.69) is 4.98 Å². The van der Waals surface area contributed by atoms with E-state index in [1.165, 1.54) is 0 Å². The van der Waals surface area contributed by atoms with E-state index in [0.717, 1.165) is 22.0 Å². The van der Waals surface area contributed by atoms with Crippen LogP contribution in [0.1, 0.15) is 22.8 Å². The first-order chi connectivity index (χ1) is 11.1. The molecule has 0 spiro atoms. The van der Waals surface area contributed by atoms with Gasteiger partial charge in [0, 0.05) is 16.0 Å². The van der Waals surface area contributed by atoms with Gasteiger partial charge in [0.15, 0.2) is 0 Å². The largest absolute Gasteiger partial charge is 0.462 e. The van der Waals surface area contributed by atoms with Gasteiger partial charge in [0.2, 0.25) is 0 Å². The Morgan fingerprint density at radius 2 is 1.87 bits per heavy atom. The summed E-state index contributed by atoms with van der Waals surface area (Å²) < 4.78 is 5.19. The van der Waals surface area contributed by atoms with Crippen molar-refractivity contribution in [2.75, 3.05) is 6.61 Å². The highest BCUT2D eigenvalue weighted by atomic mass is 35.5. The van der Waals surface area contributed by atoms with E-state index in [9.17, 15) is 4.79 Å². The standard InChI is InChI=1S/C19H16ClNO2/c1-3-23-19(22)16-11-14-10-12(2)4-9-17(14)21-18(16)13-5-7-15(20)8-6-13/h4-11H,3H2,1-2H3. The van der Waals surface area contributed by atoms with E-state index in [-0.39, 0.29) is 5.97 Å². The third kappa shape index (κ3) is 3.20. The maximum absolute atomic E-state index is 12.3. The maximum Gasteiger partial charge on any atom is 0.340 e. The lowest BCUT2D eigenvalue weighted by Crippen LogP contribution is -2.08. The van der Waals surface area contributed by atoms with E-state index in [1.807, 2.05) is 43.3 Å². The van der Waals surface area contributed by atoms with Crippen molar-refractivity contribution in [1.82, 2.24) is 4.98 Å². The fraction of sp³-hybridized carbons (Fsp3) is 0.158. The molecule has 0 aliphatic carbocycles. The Hall–Kier alpha value is -2.39. The lowest BCUT2D eigenvalue weighted by molar-refractivity contribution is 0.0527. The van der Waals surface area contributed by atoms with E-state index in [1.54, 1.807) is 19.1 Å². The van der Waals surface area contributed by atoms with Gasteiger partial charge in [-0.3, -0.25) is 0 Å². The SMILES string of the molecule is CCOC(=O)c1cc2cc(C)ccc2nc1-c1ccc(Cl)cc1. The van der Waals surface area contributed by atoms with Gasteiger partial charge in [-0.2, -0.15) is 0 Å². The molecule has 1 heterocycles. The average Bonchev–Trinajstić information content (AvgIpc) is 2.54. The lowest BCUT2D eigenvalue weighted by atomic mass is 10.0. The maximum atomic E-state index is 12.3. The van der Waals surface area contributed by atoms with E-state index >= 15 is 0 Å². The van der Waals surface area contributed by atoms with Crippen molar-refractivity contribution < 1.29 is 9.53 Å². The van der Waals surface area contributed by atoms with E-state index in [4.69, 9.17) is 16.3 Å². The molecule has 2 aromatic carbocycles. The number of fused-ring (bicyclic) bond motifs is 1. The van der Waals surface area contributed by atoms with Gasteiger partial charge in [-0.05, 0) is 44.2 Å². The molecule has 0 radical (unpaired) electrons. The number of aromatic nitrogens is 1. The molecule has 23 heavy (non-hydrogen) atoms. The molecule has 0 amide bonds. The number of benzene rings is 2. The molecule has 4 heteroatoms. The smallest absolute Gasteiger partial charge is 0.340 e. The zero-order valence-corrected chi connectivity index (χ0v) is 13.7. The van der Waals surface area contributed by atoms with Gasteiger partial charge in [-0.1, -0.05) is 35.4 Å². The molecule has 116 valence electrons. The second-order valence-electron chi connectivity index (χ2n) is 5.31. The zero-order chi connectivity index (χ0) is 16.4. The number of rotatable bonds is 3. The number of hydrogen-bond donors (Lipinski definition) is 0. The summed E-state index contributed by atoms with van der Waals surface area (Å²) >= 11 is 5.95. The highest BCUT2D eigenvalue weighted by Gasteiger charge is 2.17. The molecule has 3 nitrogen and oxygen atoms in total. The van der Waals surface area contributed by atoms with Crippen molar-refractivity contribution in [2.45, 2.75) is 13.8 Å². The van der Waals surface area contributed by atoms with Crippen LogP contribution < -0.4 is 0 Å². The Kier molecular flexibility index (Phi) is 4.30. The molecule has 0 atom stereocenters. The molecular weight excluding hydrogens is 310 g/mol.